The van der Waals surface area contributed by atoms with Crippen molar-refractivity contribution in [2.45, 2.75) is 45.6 Å². The third kappa shape index (κ3) is 2.95. The summed E-state index contributed by atoms with van der Waals surface area (Å²) in [4.78, 5) is 15.4. The molecule has 2 rings (SSSR count). The number of fused-ring (bicyclic) bond motifs is 1. The summed E-state index contributed by atoms with van der Waals surface area (Å²) >= 11 is 0. The van der Waals surface area contributed by atoms with Gasteiger partial charge in [-0.25, -0.2) is 9.78 Å². The molecular formula is C15H20N2O2. The van der Waals surface area contributed by atoms with Gasteiger partial charge in [0.15, 0.2) is 0 Å². The molecule has 1 atom stereocenters. The fraction of sp³-hybridized carbons (Fsp3) is 0.467. The molecule has 4 heteroatoms. The molecule has 0 bridgehead atoms. The molecule has 19 heavy (non-hydrogen) atoms. The molecule has 0 spiro atoms. The Morgan fingerprint density at radius 3 is 2.89 bits per heavy atom. The van der Waals surface area contributed by atoms with Gasteiger partial charge in [0.1, 0.15) is 0 Å². The molecule has 4 nitrogen and oxygen atoms in total. The van der Waals surface area contributed by atoms with Gasteiger partial charge >= 0.3 is 5.97 Å². The van der Waals surface area contributed by atoms with Crippen LogP contribution in [0.5, 0.6) is 0 Å². The molecule has 1 aromatic carbocycles. The van der Waals surface area contributed by atoms with E-state index in [1.54, 1.807) is 18.2 Å². The number of aromatic carboxylic acids is 1. The van der Waals surface area contributed by atoms with Gasteiger partial charge in [-0.15, -0.1) is 0 Å². The molecule has 2 aromatic rings. The molecule has 102 valence electrons. The van der Waals surface area contributed by atoms with Crippen LogP contribution in [0.1, 0.15) is 55.9 Å². The molecule has 0 aliphatic carbocycles. The van der Waals surface area contributed by atoms with Crippen LogP contribution in [0.3, 0.4) is 0 Å². The van der Waals surface area contributed by atoms with Crippen LogP contribution in [0.2, 0.25) is 0 Å². The van der Waals surface area contributed by atoms with Crippen molar-refractivity contribution in [3.8, 4) is 0 Å². The molecule has 1 aromatic heterocycles. The molecule has 0 saturated heterocycles. The Morgan fingerprint density at radius 2 is 2.21 bits per heavy atom. The maximum Gasteiger partial charge on any atom is 0.335 e. The number of carbonyl (C=O) groups is 1. The maximum absolute atomic E-state index is 11.0. The van der Waals surface area contributed by atoms with Crippen molar-refractivity contribution < 1.29 is 9.90 Å². The van der Waals surface area contributed by atoms with E-state index in [0.29, 0.717) is 11.6 Å². The van der Waals surface area contributed by atoms with Crippen molar-refractivity contribution in [3.63, 3.8) is 0 Å². The molecule has 0 saturated carbocycles. The normalized spacial score (nSPS) is 12.7. The summed E-state index contributed by atoms with van der Waals surface area (Å²) in [6.07, 6.45) is 6.54. The summed E-state index contributed by atoms with van der Waals surface area (Å²) in [7, 11) is 0. The zero-order valence-electron chi connectivity index (χ0n) is 11.5. The topological polar surface area (TPSA) is 55.1 Å². The Balaban J connectivity index is 2.27. The first kappa shape index (κ1) is 13.6. The Kier molecular flexibility index (Phi) is 4.20. The van der Waals surface area contributed by atoms with E-state index in [9.17, 15) is 4.79 Å². The van der Waals surface area contributed by atoms with Crippen molar-refractivity contribution in [2.24, 2.45) is 0 Å². The van der Waals surface area contributed by atoms with Gasteiger partial charge in [0.05, 0.1) is 22.9 Å². The van der Waals surface area contributed by atoms with Crippen LogP contribution in [0.15, 0.2) is 24.5 Å². The van der Waals surface area contributed by atoms with Gasteiger partial charge in [-0.3, -0.25) is 0 Å². The highest BCUT2D eigenvalue weighted by molar-refractivity contribution is 5.92. The maximum atomic E-state index is 11.0. The van der Waals surface area contributed by atoms with Crippen LogP contribution in [0.4, 0.5) is 0 Å². The van der Waals surface area contributed by atoms with Gasteiger partial charge < -0.3 is 9.67 Å². The highest BCUT2D eigenvalue weighted by Crippen LogP contribution is 2.22. The average molecular weight is 260 g/mol. The lowest BCUT2D eigenvalue weighted by molar-refractivity contribution is 0.0697. The number of rotatable bonds is 6. The van der Waals surface area contributed by atoms with Gasteiger partial charge in [-0.2, -0.15) is 0 Å². The Morgan fingerprint density at radius 1 is 1.42 bits per heavy atom. The Labute approximate surface area is 113 Å². The fourth-order valence-electron chi connectivity index (χ4n) is 2.34. The zero-order chi connectivity index (χ0) is 13.8. The number of hydrogen-bond donors (Lipinski definition) is 1. The summed E-state index contributed by atoms with van der Waals surface area (Å²) < 4.78 is 2.08. The van der Waals surface area contributed by atoms with Gasteiger partial charge in [0.2, 0.25) is 0 Å². The predicted molar refractivity (Wildman–Crippen MR) is 75.5 cm³/mol. The van der Waals surface area contributed by atoms with Gasteiger partial charge in [-0.05, 0) is 31.5 Å². The second kappa shape index (κ2) is 5.87. The van der Waals surface area contributed by atoms with E-state index in [1.807, 2.05) is 6.33 Å². The highest BCUT2D eigenvalue weighted by Gasteiger charge is 2.11. The minimum absolute atomic E-state index is 0.315. The summed E-state index contributed by atoms with van der Waals surface area (Å²) in [5, 5.41) is 9.05. The molecule has 1 N–H and O–H groups in total. The minimum atomic E-state index is -0.895. The lowest BCUT2D eigenvalue weighted by Gasteiger charge is -2.14. The molecule has 0 fully saturated rings. The van der Waals surface area contributed by atoms with E-state index >= 15 is 0 Å². The quantitative estimate of drug-likeness (QED) is 0.802. The molecule has 0 aliphatic rings. The first-order valence-corrected chi connectivity index (χ1v) is 6.83. The number of carboxylic acid groups (broad SMARTS) is 1. The number of imidazole rings is 1. The second-order valence-electron chi connectivity index (χ2n) is 5.01. The van der Waals surface area contributed by atoms with E-state index < -0.39 is 5.97 Å². The van der Waals surface area contributed by atoms with Crippen molar-refractivity contribution in [1.82, 2.24) is 9.55 Å². The molecular weight excluding hydrogens is 240 g/mol. The Bertz CT molecular complexity index is 575. The number of unbranched alkanes of at least 4 members (excludes halogenated alkanes) is 2. The smallest absolute Gasteiger partial charge is 0.335 e. The van der Waals surface area contributed by atoms with Crippen LogP contribution < -0.4 is 0 Å². The summed E-state index contributed by atoms with van der Waals surface area (Å²) in [6, 6.07) is 5.43. The number of nitrogens with zero attached hydrogens (tertiary/aromatic N) is 2. The van der Waals surface area contributed by atoms with Crippen LogP contribution in [0, 0.1) is 0 Å². The summed E-state index contributed by atoms with van der Waals surface area (Å²) in [6.45, 7) is 4.35. The van der Waals surface area contributed by atoms with Crippen LogP contribution >= 0.6 is 0 Å². The second-order valence-corrected chi connectivity index (χ2v) is 5.01. The number of benzene rings is 1. The van der Waals surface area contributed by atoms with Crippen LogP contribution in [0.25, 0.3) is 11.0 Å². The van der Waals surface area contributed by atoms with Crippen molar-refractivity contribution >= 4 is 17.0 Å². The molecule has 0 amide bonds. The third-order valence-corrected chi connectivity index (χ3v) is 3.52. The number of aromatic nitrogens is 2. The molecule has 0 radical (unpaired) electrons. The van der Waals surface area contributed by atoms with Crippen molar-refractivity contribution in [3.05, 3.63) is 30.1 Å². The summed E-state index contributed by atoms with van der Waals surface area (Å²) in [5.74, 6) is -0.895. The zero-order valence-corrected chi connectivity index (χ0v) is 11.5. The SMILES string of the molecule is CCCCCC(C)n1cnc2ccc(C(=O)O)cc21. The first-order chi connectivity index (χ1) is 9.13. The monoisotopic (exact) mass is 260 g/mol. The van der Waals surface area contributed by atoms with Crippen LogP contribution in [-0.4, -0.2) is 20.6 Å². The lowest BCUT2D eigenvalue weighted by Crippen LogP contribution is -2.04. The first-order valence-electron chi connectivity index (χ1n) is 6.83. The standard InChI is InChI=1S/C15H20N2O2/c1-3-4-5-6-11(2)17-10-16-13-8-7-12(15(18)19)9-14(13)17/h7-11H,3-6H2,1-2H3,(H,18,19). The highest BCUT2D eigenvalue weighted by atomic mass is 16.4. The molecule has 1 unspecified atom stereocenters. The van der Waals surface area contributed by atoms with Gasteiger partial charge in [0, 0.05) is 6.04 Å². The summed E-state index contributed by atoms with van der Waals surface area (Å²) in [5.41, 5.74) is 2.08. The fourth-order valence-corrected chi connectivity index (χ4v) is 2.34. The van der Waals surface area contributed by atoms with E-state index in [-0.39, 0.29) is 0 Å². The number of hydrogen-bond acceptors (Lipinski definition) is 2. The van der Waals surface area contributed by atoms with Crippen LogP contribution in [-0.2, 0) is 0 Å². The van der Waals surface area contributed by atoms with Gasteiger partial charge in [0.25, 0.3) is 0 Å². The van der Waals surface area contributed by atoms with E-state index in [2.05, 4.69) is 23.4 Å². The predicted octanol–water partition coefficient (Wildman–Crippen LogP) is 3.88. The van der Waals surface area contributed by atoms with E-state index in [4.69, 9.17) is 5.11 Å². The molecule has 0 aliphatic heterocycles. The van der Waals surface area contributed by atoms with Crippen molar-refractivity contribution in [2.75, 3.05) is 0 Å². The Hall–Kier alpha value is -1.84. The number of carboxylic acids is 1. The third-order valence-electron chi connectivity index (χ3n) is 3.52. The van der Waals surface area contributed by atoms with Crippen molar-refractivity contribution in [1.29, 1.82) is 0 Å². The van der Waals surface area contributed by atoms with E-state index in [1.165, 1.54) is 19.3 Å². The lowest BCUT2D eigenvalue weighted by atomic mass is 10.1. The average Bonchev–Trinajstić information content (AvgIpc) is 2.81. The molecule has 1 heterocycles. The van der Waals surface area contributed by atoms with E-state index in [0.717, 1.165) is 17.5 Å². The largest absolute Gasteiger partial charge is 0.478 e. The van der Waals surface area contributed by atoms with Gasteiger partial charge in [-0.1, -0.05) is 26.2 Å². The minimum Gasteiger partial charge on any atom is -0.478 e.